The summed E-state index contributed by atoms with van der Waals surface area (Å²) in [7, 11) is 1.40. The van der Waals surface area contributed by atoms with Crippen molar-refractivity contribution in [3.05, 3.63) is 65.2 Å². The Balaban J connectivity index is 2.35. The summed E-state index contributed by atoms with van der Waals surface area (Å²) in [6.07, 6.45) is 2.05. The van der Waals surface area contributed by atoms with E-state index in [1.165, 1.54) is 19.4 Å². The third-order valence-electron chi connectivity index (χ3n) is 3.52. The van der Waals surface area contributed by atoms with E-state index in [0.717, 1.165) is 5.56 Å². The van der Waals surface area contributed by atoms with Crippen LogP contribution in [0.25, 0.3) is 22.4 Å². The highest BCUT2D eigenvalue weighted by molar-refractivity contribution is 6.29. The molecule has 0 radical (unpaired) electrons. The van der Waals surface area contributed by atoms with E-state index in [-0.39, 0.29) is 22.2 Å². The van der Waals surface area contributed by atoms with Gasteiger partial charge < -0.3 is 4.74 Å². The van der Waals surface area contributed by atoms with Crippen LogP contribution in [0.2, 0.25) is 5.15 Å². The summed E-state index contributed by atoms with van der Waals surface area (Å²) >= 11 is 5.79. The molecule has 4 nitrogen and oxygen atoms in total. The van der Waals surface area contributed by atoms with E-state index in [1.54, 1.807) is 6.07 Å². The zero-order valence-electron chi connectivity index (χ0n) is 12.7. The molecule has 0 saturated heterocycles. The Morgan fingerprint density at radius 1 is 1.17 bits per heavy atom. The lowest BCUT2D eigenvalue weighted by atomic mass is 9.98. The Morgan fingerprint density at radius 2 is 1.92 bits per heavy atom. The summed E-state index contributed by atoms with van der Waals surface area (Å²) in [5.74, 6) is -0.559. The van der Waals surface area contributed by atoms with Crippen LogP contribution in [0.5, 0.6) is 5.88 Å². The van der Waals surface area contributed by atoms with E-state index in [4.69, 9.17) is 16.3 Å². The van der Waals surface area contributed by atoms with Crippen molar-refractivity contribution in [2.75, 3.05) is 7.11 Å². The molecule has 0 aliphatic rings. The van der Waals surface area contributed by atoms with E-state index < -0.39 is 5.82 Å². The second kappa shape index (κ2) is 6.76. The predicted octanol–water partition coefficient (Wildman–Crippen LogP) is 4.42. The molecule has 0 saturated carbocycles. The third-order valence-corrected chi connectivity index (χ3v) is 3.79. The first kappa shape index (κ1) is 16.1. The van der Waals surface area contributed by atoms with Crippen LogP contribution < -0.4 is 4.74 Å². The minimum absolute atomic E-state index is 0.118. The highest BCUT2D eigenvalue weighted by atomic mass is 35.5. The van der Waals surface area contributed by atoms with Crippen LogP contribution >= 0.6 is 11.6 Å². The largest absolute Gasteiger partial charge is 0.480 e. The number of hydrogen-bond donors (Lipinski definition) is 0. The monoisotopic (exact) mass is 342 g/mol. The molecule has 6 heteroatoms. The van der Waals surface area contributed by atoms with Crippen molar-refractivity contribution in [2.45, 2.75) is 0 Å². The topological polar surface area (TPSA) is 52.1 Å². The van der Waals surface area contributed by atoms with E-state index in [2.05, 4.69) is 9.97 Å². The minimum atomic E-state index is -0.676. The van der Waals surface area contributed by atoms with Gasteiger partial charge in [-0.05, 0) is 17.7 Å². The quantitative estimate of drug-likeness (QED) is 0.520. The summed E-state index contributed by atoms with van der Waals surface area (Å²) in [6.45, 7) is 0. The molecule has 0 amide bonds. The highest BCUT2D eigenvalue weighted by Gasteiger charge is 2.19. The Kier molecular flexibility index (Phi) is 4.53. The lowest BCUT2D eigenvalue weighted by Crippen LogP contribution is -2.00. The Hall–Kier alpha value is -2.79. The standard InChI is InChI=1S/C18H12ClFN2O2/c1-24-18-12(10-23)9-14(11-5-3-2-4-6-11)16(22-18)13-7-8-21-17(19)15(13)20/h2-10H,1H3. The van der Waals surface area contributed by atoms with Gasteiger partial charge in [0.05, 0.1) is 18.4 Å². The fourth-order valence-corrected chi connectivity index (χ4v) is 2.56. The van der Waals surface area contributed by atoms with Gasteiger partial charge in [-0.2, -0.15) is 0 Å². The number of rotatable bonds is 4. The number of pyridine rings is 2. The second-order valence-corrected chi connectivity index (χ2v) is 5.29. The molecule has 0 aliphatic heterocycles. The molecule has 0 atom stereocenters. The number of carbonyl (C=O) groups is 1. The number of benzene rings is 1. The van der Waals surface area contributed by atoms with Gasteiger partial charge in [0.2, 0.25) is 5.88 Å². The van der Waals surface area contributed by atoms with Gasteiger partial charge in [-0.15, -0.1) is 0 Å². The van der Waals surface area contributed by atoms with Gasteiger partial charge in [0, 0.05) is 17.3 Å². The van der Waals surface area contributed by atoms with Crippen LogP contribution in [-0.2, 0) is 0 Å². The Morgan fingerprint density at radius 3 is 2.58 bits per heavy atom. The molecule has 2 heterocycles. The van der Waals surface area contributed by atoms with Crippen molar-refractivity contribution in [3.8, 4) is 28.3 Å². The van der Waals surface area contributed by atoms with Crippen LogP contribution in [-0.4, -0.2) is 23.4 Å². The van der Waals surface area contributed by atoms with Gasteiger partial charge in [-0.1, -0.05) is 41.9 Å². The lowest BCUT2D eigenvalue weighted by molar-refractivity contribution is 0.112. The zero-order chi connectivity index (χ0) is 17.1. The molecule has 0 aliphatic carbocycles. The summed E-state index contributed by atoms with van der Waals surface area (Å²) in [4.78, 5) is 19.4. The van der Waals surface area contributed by atoms with Crippen molar-refractivity contribution in [2.24, 2.45) is 0 Å². The molecule has 3 aromatic rings. The SMILES string of the molecule is COc1nc(-c2ccnc(Cl)c2F)c(-c2ccccc2)cc1C=O. The first-order valence-corrected chi connectivity index (χ1v) is 7.43. The van der Waals surface area contributed by atoms with Gasteiger partial charge in [-0.25, -0.2) is 14.4 Å². The molecule has 3 rings (SSSR count). The summed E-state index contributed by atoms with van der Waals surface area (Å²) < 4.78 is 19.6. The Labute approximate surface area is 142 Å². The van der Waals surface area contributed by atoms with E-state index in [0.29, 0.717) is 17.5 Å². The number of carbonyl (C=O) groups excluding carboxylic acids is 1. The van der Waals surface area contributed by atoms with Crippen molar-refractivity contribution >= 4 is 17.9 Å². The molecule has 0 bridgehead atoms. The molecule has 24 heavy (non-hydrogen) atoms. The number of hydrogen-bond acceptors (Lipinski definition) is 4. The van der Waals surface area contributed by atoms with E-state index in [1.807, 2.05) is 30.3 Å². The molecular formula is C18H12ClFN2O2. The van der Waals surface area contributed by atoms with Gasteiger partial charge in [0.1, 0.15) is 0 Å². The number of aldehydes is 1. The number of methoxy groups -OCH3 is 1. The first-order valence-electron chi connectivity index (χ1n) is 7.05. The number of halogens is 2. The smallest absolute Gasteiger partial charge is 0.224 e. The van der Waals surface area contributed by atoms with Crippen molar-refractivity contribution < 1.29 is 13.9 Å². The summed E-state index contributed by atoms with van der Waals surface area (Å²) in [5, 5.41) is -0.244. The van der Waals surface area contributed by atoms with Gasteiger partial charge in [0.15, 0.2) is 17.3 Å². The normalized spacial score (nSPS) is 10.5. The average Bonchev–Trinajstić information content (AvgIpc) is 2.63. The van der Waals surface area contributed by atoms with E-state index >= 15 is 0 Å². The van der Waals surface area contributed by atoms with Crippen LogP contribution in [0.3, 0.4) is 0 Å². The van der Waals surface area contributed by atoms with Gasteiger partial charge >= 0.3 is 0 Å². The molecule has 2 aromatic heterocycles. The molecule has 0 N–H and O–H groups in total. The second-order valence-electron chi connectivity index (χ2n) is 4.93. The van der Waals surface area contributed by atoms with Crippen molar-refractivity contribution in [3.63, 3.8) is 0 Å². The fourth-order valence-electron chi connectivity index (χ4n) is 2.40. The van der Waals surface area contributed by atoms with Crippen molar-refractivity contribution in [1.82, 2.24) is 9.97 Å². The first-order chi connectivity index (χ1) is 11.7. The van der Waals surface area contributed by atoms with Crippen LogP contribution in [0.1, 0.15) is 10.4 Å². The molecule has 1 aromatic carbocycles. The lowest BCUT2D eigenvalue weighted by Gasteiger charge is -2.13. The van der Waals surface area contributed by atoms with Crippen LogP contribution in [0.15, 0.2) is 48.7 Å². The minimum Gasteiger partial charge on any atom is -0.480 e. The fraction of sp³-hybridized carbons (Fsp3) is 0.0556. The zero-order valence-corrected chi connectivity index (χ0v) is 13.4. The maximum absolute atomic E-state index is 14.5. The predicted molar refractivity (Wildman–Crippen MR) is 89.8 cm³/mol. The molecule has 0 unspecified atom stereocenters. The number of nitrogens with zero attached hydrogens (tertiary/aromatic N) is 2. The number of aromatic nitrogens is 2. The Bertz CT molecular complexity index is 901. The van der Waals surface area contributed by atoms with E-state index in [9.17, 15) is 9.18 Å². The number of ether oxygens (including phenoxy) is 1. The van der Waals surface area contributed by atoms with Crippen molar-refractivity contribution in [1.29, 1.82) is 0 Å². The highest BCUT2D eigenvalue weighted by Crippen LogP contribution is 2.36. The van der Waals surface area contributed by atoms with Crippen LogP contribution in [0, 0.1) is 5.82 Å². The molecular weight excluding hydrogens is 331 g/mol. The van der Waals surface area contributed by atoms with Gasteiger partial charge in [-0.3, -0.25) is 4.79 Å². The average molecular weight is 343 g/mol. The molecule has 120 valence electrons. The molecule has 0 fully saturated rings. The third kappa shape index (κ3) is 2.86. The van der Waals surface area contributed by atoms with Gasteiger partial charge in [0.25, 0.3) is 0 Å². The maximum Gasteiger partial charge on any atom is 0.224 e. The van der Waals surface area contributed by atoms with Crippen LogP contribution in [0.4, 0.5) is 4.39 Å². The molecule has 0 spiro atoms. The summed E-state index contributed by atoms with van der Waals surface area (Å²) in [5.41, 5.74) is 2.17. The maximum atomic E-state index is 14.5. The summed E-state index contributed by atoms with van der Waals surface area (Å²) in [6, 6.07) is 12.4.